The van der Waals surface area contributed by atoms with Gasteiger partial charge in [0, 0.05) is 33.0 Å². The van der Waals surface area contributed by atoms with Crippen LogP contribution in [-0.4, -0.2) is 25.3 Å². The lowest BCUT2D eigenvalue weighted by atomic mass is 9.69. The monoisotopic (exact) mass is 647 g/mol. The second-order valence-corrected chi connectivity index (χ2v) is 13.5. The molecule has 1 fully saturated rings. The Kier molecular flexibility index (Phi) is 6.43. The van der Waals surface area contributed by atoms with Crippen molar-refractivity contribution in [3.63, 3.8) is 0 Å². The van der Waals surface area contributed by atoms with Crippen molar-refractivity contribution in [1.82, 2.24) is 8.83 Å². The first-order valence-corrected chi connectivity index (χ1v) is 15.0. The summed E-state index contributed by atoms with van der Waals surface area (Å²) >= 11 is 24.1. The van der Waals surface area contributed by atoms with Gasteiger partial charge in [-0.3, -0.25) is 4.90 Å². The fraction of sp³-hybridized carbons (Fsp3) is 0.152. The van der Waals surface area contributed by atoms with Crippen molar-refractivity contribution in [2.45, 2.75) is 20.9 Å². The van der Waals surface area contributed by atoms with Gasteiger partial charge in [0.1, 0.15) is 5.54 Å². The molecule has 1 N–H and O–H groups in total. The largest absolute Gasteiger partial charge is 0.356 e. The Balaban J connectivity index is 1.65. The zero-order valence-electron chi connectivity index (χ0n) is 21.3. The van der Waals surface area contributed by atoms with E-state index in [2.05, 4.69) is 146 Å². The second-order valence-electron chi connectivity index (χ2n) is 10.3. The quantitative estimate of drug-likeness (QED) is 0.136. The molecule has 2 heterocycles. The molecule has 1 saturated heterocycles. The predicted molar refractivity (Wildman–Crippen MR) is 169 cm³/mol. The van der Waals surface area contributed by atoms with Crippen LogP contribution in [0.15, 0.2) is 139 Å². The van der Waals surface area contributed by atoms with E-state index >= 15 is 0 Å². The molecule has 1 aliphatic carbocycles. The van der Waals surface area contributed by atoms with E-state index in [4.69, 9.17) is 34.8 Å². The van der Waals surface area contributed by atoms with Gasteiger partial charge < -0.3 is 5.32 Å². The van der Waals surface area contributed by atoms with Crippen LogP contribution in [0.5, 0.6) is 0 Å². The van der Waals surface area contributed by atoms with Crippen LogP contribution < -0.4 is 5.32 Å². The number of hydrogen-bond donors (Lipinski definition) is 1. The van der Waals surface area contributed by atoms with Gasteiger partial charge in [0.25, 0.3) is 0 Å². The Hall–Kier alpha value is -2.57. The van der Waals surface area contributed by atoms with Gasteiger partial charge in [0.15, 0.2) is 0 Å². The van der Waals surface area contributed by atoms with E-state index in [1.165, 1.54) is 0 Å². The van der Waals surface area contributed by atoms with Crippen LogP contribution in [0.4, 0.5) is 5.69 Å². The average molecular weight is 650 g/mol. The molecule has 40 heavy (non-hydrogen) atoms. The molecule has 0 amide bonds. The number of benzene rings is 4. The molecular weight excluding hydrogens is 625 g/mol. The van der Waals surface area contributed by atoms with E-state index in [0.29, 0.717) is 12.2 Å². The van der Waals surface area contributed by atoms with Gasteiger partial charge in [-0.05, 0) is 22.8 Å². The van der Waals surface area contributed by atoms with Crippen molar-refractivity contribution in [2.75, 3.05) is 12.0 Å². The molecule has 7 rings (SSSR count). The van der Waals surface area contributed by atoms with Gasteiger partial charge in [-0.15, -0.1) is 0 Å². The summed E-state index contributed by atoms with van der Waals surface area (Å²) in [7, 11) is 0. The third kappa shape index (κ3) is 3.64. The maximum atomic E-state index is 6.70. The molecule has 3 nitrogen and oxygen atoms in total. The number of rotatable bonds is 4. The summed E-state index contributed by atoms with van der Waals surface area (Å²) in [4.78, 5) is 2.58. The molecule has 4 aromatic rings. The summed E-state index contributed by atoms with van der Waals surface area (Å²) in [5.41, 5.74) is 5.70. The van der Waals surface area contributed by atoms with Gasteiger partial charge in [-0.25, -0.2) is 3.93 Å². The third-order valence-corrected chi connectivity index (χ3v) is 9.69. The fourth-order valence-corrected chi connectivity index (χ4v) is 8.09. The fourth-order valence-electron chi connectivity index (χ4n) is 6.96. The Morgan fingerprint density at radius 2 is 1.23 bits per heavy atom. The summed E-state index contributed by atoms with van der Waals surface area (Å²) in [5.74, 6) is 0. The molecule has 0 radical (unpaired) electrons. The van der Waals surface area contributed by atoms with Gasteiger partial charge in [0.05, 0.1) is 23.9 Å². The van der Waals surface area contributed by atoms with Crippen molar-refractivity contribution in [1.29, 1.82) is 0 Å². The van der Waals surface area contributed by atoms with E-state index in [-0.39, 0.29) is 6.04 Å². The summed E-state index contributed by atoms with van der Waals surface area (Å²) in [6, 6.07) is 40.5. The minimum atomic E-state index is -1.63. The number of anilines is 1. The van der Waals surface area contributed by atoms with Crippen LogP contribution in [0.1, 0.15) is 22.3 Å². The maximum Gasteiger partial charge on any atom is 0.217 e. The first-order chi connectivity index (χ1) is 19.4. The van der Waals surface area contributed by atoms with Crippen molar-refractivity contribution >= 4 is 56.6 Å². The van der Waals surface area contributed by atoms with E-state index in [1.54, 1.807) is 0 Å². The molecular formula is C33H25BrCl3N3. The normalized spacial score (nSPS) is 22.6. The molecule has 1 spiro atoms. The van der Waals surface area contributed by atoms with Gasteiger partial charge in [0.2, 0.25) is 3.79 Å². The molecule has 2 unspecified atom stereocenters. The lowest BCUT2D eigenvalue weighted by molar-refractivity contribution is 0.0795. The molecule has 0 saturated carbocycles. The SMILES string of the molecule is ClC(Cl)(Cl)C1=C2Nc3ccccc3C23C(C=C1)N(Br)CN3C(c1ccccc1)(c1ccccc1)c1ccccc1. The number of fused-ring (bicyclic) bond motifs is 1. The van der Waals surface area contributed by atoms with Crippen LogP contribution in [0.3, 0.4) is 0 Å². The van der Waals surface area contributed by atoms with E-state index in [1.807, 2.05) is 12.1 Å². The van der Waals surface area contributed by atoms with Crippen LogP contribution >= 0.6 is 51.0 Å². The highest BCUT2D eigenvalue weighted by Gasteiger charge is 2.66. The molecule has 0 bridgehead atoms. The summed E-state index contributed by atoms with van der Waals surface area (Å²) in [6.45, 7) is 0.584. The molecule has 2 aliphatic heterocycles. The lowest BCUT2D eigenvalue weighted by Crippen LogP contribution is -2.59. The Labute approximate surface area is 258 Å². The summed E-state index contributed by atoms with van der Waals surface area (Å²) < 4.78 is 0.588. The minimum Gasteiger partial charge on any atom is -0.356 e. The van der Waals surface area contributed by atoms with Crippen molar-refractivity contribution < 1.29 is 0 Å². The van der Waals surface area contributed by atoms with Gasteiger partial charge >= 0.3 is 0 Å². The van der Waals surface area contributed by atoms with Crippen LogP contribution in [0.2, 0.25) is 0 Å². The number of halogens is 4. The van der Waals surface area contributed by atoms with E-state index in [9.17, 15) is 0 Å². The standard InChI is InChI=1S/C33H25BrCl3N3/c34-39-22-40(32-26-18-10-11-19-28(26)38-30(32)27(33(35,36)37)20-21-29(32)39)31(23-12-4-1-5-13-23,24-14-6-2-7-15-24)25-16-8-3-9-17-25/h1-21,29,38H,22H2. The minimum absolute atomic E-state index is 0.0924. The molecule has 2 atom stereocenters. The number of para-hydroxylation sites is 1. The van der Waals surface area contributed by atoms with E-state index in [0.717, 1.165) is 33.6 Å². The van der Waals surface area contributed by atoms with Crippen molar-refractivity contribution in [3.05, 3.63) is 161 Å². The Morgan fingerprint density at radius 3 is 1.75 bits per heavy atom. The molecule has 4 aromatic carbocycles. The average Bonchev–Trinajstić information content (AvgIpc) is 3.48. The zero-order valence-corrected chi connectivity index (χ0v) is 25.2. The maximum absolute atomic E-state index is 6.70. The zero-order chi connectivity index (χ0) is 27.5. The molecule has 3 aliphatic rings. The second kappa shape index (κ2) is 9.77. The molecule has 0 aromatic heterocycles. The van der Waals surface area contributed by atoms with Crippen LogP contribution in [-0.2, 0) is 11.1 Å². The predicted octanol–water partition coefficient (Wildman–Crippen LogP) is 8.75. The third-order valence-electron chi connectivity index (χ3n) is 8.41. The number of hydrogen-bond acceptors (Lipinski definition) is 3. The number of nitrogens with one attached hydrogen (secondary N) is 1. The molecule has 7 heteroatoms. The highest BCUT2D eigenvalue weighted by Crippen LogP contribution is 2.63. The Bertz CT molecular complexity index is 1520. The van der Waals surface area contributed by atoms with E-state index < -0.39 is 14.9 Å². The highest BCUT2D eigenvalue weighted by molar-refractivity contribution is 9.07. The molecule has 200 valence electrons. The number of nitrogens with zero attached hydrogens (tertiary/aromatic N) is 2. The smallest absolute Gasteiger partial charge is 0.217 e. The highest BCUT2D eigenvalue weighted by atomic mass is 79.9. The summed E-state index contributed by atoms with van der Waals surface area (Å²) in [6.07, 6.45) is 4.11. The first-order valence-electron chi connectivity index (χ1n) is 13.1. The number of allylic oxidation sites excluding steroid dienone is 2. The van der Waals surface area contributed by atoms with Gasteiger partial charge in [-0.2, -0.15) is 0 Å². The summed E-state index contributed by atoms with van der Waals surface area (Å²) in [5, 5.41) is 3.72. The van der Waals surface area contributed by atoms with Crippen LogP contribution in [0, 0.1) is 0 Å². The van der Waals surface area contributed by atoms with Crippen LogP contribution in [0.25, 0.3) is 0 Å². The number of alkyl halides is 3. The topological polar surface area (TPSA) is 18.5 Å². The Morgan fingerprint density at radius 1 is 0.725 bits per heavy atom. The van der Waals surface area contributed by atoms with Crippen molar-refractivity contribution in [2.24, 2.45) is 0 Å². The van der Waals surface area contributed by atoms with Crippen molar-refractivity contribution in [3.8, 4) is 0 Å². The van der Waals surface area contributed by atoms with Gasteiger partial charge in [-0.1, -0.05) is 156 Å². The lowest BCUT2D eigenvalue weighted by Gasteiger charge is -2.52. The first kappa shape index (κ1) is 26.3.